The number of amides is 1. The first-order valence-corrected chi connectivity index (χ1v) is 8.67. The smallest absolute Gasteiger partial charge is 0.387 e. The lowest BCUT2D eigenvalue weighted by Crippen LogP contribution is -2.11. The van der Waals surface area contributed by atoms with Crippen molar-refractivity contribution < 1.29 is 32.2 Å². The zero-order chi connectivity index (χ0) is 20.8. The van der Waals surface area contributed by atoms with Crippen LogP contribution in [0.25, 0.3) is 0 Å². The molecule has 0 aliphatic carbocycles. The number of furan rings is 1. The van der Waals surface area contributed by atoms with Crippen LogP contribution in [0.2, 0.25) is 0 Å². The molecule has 0 atom stereocenters. The predicted molar refractivity (Wildman–Crippen MR) is 102 cm³/mol. The lowest BCUT2D eigenvalue weighted by molar-refractivity contribution is -0.0512. The van der Waals surface area contributed by atoms with Crippen LogP contribution >= 0.6 is 0 Å². The van der Waals surface area contributed by atoms with Gasteiger partial charge < -0.3 is 23.9 Å². The number of anilines is 1. The molecule has 1 aromatic heterocycles. The van der Waals surface area contributed by atoms with Crippen LogP contribution in [0.4, 0.5) is 14.5 Å². The van der Waals surface area contributed by atoms with Gasteiger partial charge in [0, 0.05) is 11.8 Å². The first-order valence-electron chi connectivity index (χ1n) is 8.67. The number of nitrogens with one attached hydrogen (secondary N) is 1. The minimum absolute atomic E-state index is 0.0647. The first kappa shape index (κ1) is 20.2. The number of ether oxygens (including phenoxy) is 3. The fourth-order valence-electron chi connectivity index (χ4n) is 2.58. The Morgan fingerprint density at radius 2 is 1.86 bits per heavy atom. The van der Waals surface area contributed by atoms with Gasteiger partial charge in [-0.1, -0.05) is 18.2 Å². The topological polar surface area (TPSA) is 69.9 Å². The molecule has 0 unspecified atom stereocenters. The Hall–Kier alpha value is -3.55. The minimum atomic E-state index is -2.98. The summed E-state index contributed by atoms with van der Waals surface area (Å²) in [5.74, 6) is 0.728. The van der Waals surface area contributed by atoms with E-state index in [-0.39, 0.29) is 23.9 Å². The van der Waals surface area contributed by atoms with Crippen molar-refractivity contribution in [1.82, 2.24) is 0 Å². The van der Waals surface area contributed by atoms with Gasteiger partial charge in [0.2, 0.25) is 0 Å². The number of hydrogen-bond acceptors (Lipinski definition) is 5. The van der Waals surface area contributed by atoms with Crippen LogP contribution in [0.15, 0.2) is 59.0 Å². The van der Waals surface area contributed by atoms with E-state index in [0.29, 0.717) is 11.4 Å². The van der Waals surface area contributed by atoms with Gasteiger partial charge in [-0.25, -0.2) is 0 Å². The highest BCUT2D eigenvalue weighted by Crippen LogP contribution is 2.31. The monoisotopic (exact) mass is 403 g/mol. The van der Waals surface area contributed by atoms with Gasteiger partial charge in [-0.15, -0.1) is 0 Å². The zero-order valence-electron chi connectivity index (χ0n) is 15.8. The van der Waals surface area contributed by atoms with Gasteiger partial charge in [0.15, 0.2) is 17.3 Å². The third-order valence-electron chi connectivity index (χ3n) is 3.99. The molecule has 29 heavy (non-hydrogen) atoms. The Balaban J connectivity index is 1.63. The number of benzene rings is 2. The van der Waals surface area contributed by atoms with Crippen LogP contribution in [0, 0.1) is 6.92 Å². The van der Waals surface area contributed by atoms with Crippen LogP contribution in [0.1, 0.15) is 21.9 Å². The summed E-state index contributed by atoms with van der Waals surface area (Å²) >= 11 is 0. The third kappa shape index (κ3) is 5.25. The molecule has 1 N–H and O–H groups in total. The molecule has 1 heterocycles. The molecule has 0 bridgehead atoms. The highest BCUT2D eigenvalue weighted by molar-refractivity contribution is 6.02. The number of hydrogen-bond donors (Lipinski definition) is 1. The number of halogens is 2. The van der Waals surface area contributed by atoms with Crippen LogP contribution in [0.5, 0.6) is 17.2 Å². The molecule has 0 aliphatic rings. The van der Waals surface area contributed by atoms with E-state index in [0.717, 1.165) is 11.3 Å². The molecule has 0 fully saturated rings. The van der Waals surface area contributed by atoms with E-state index in [1.54, 1.807) is 6.07 Å². The summed E-state index contributed by atoms with van der Waals surface area (Å²) in [4.78, 5) is 12.4. The van der Waals surface area contributed by atoms with Crippen molar-refractivity contribution in [2.24, 2.45) is 0 Å². The number of para-hydroxylation sites is 1. The summed E-state index contributed by atoms with van der Waals surface area (Å²) in [7, 11) is 1.31. The highest BCUT2D eigenvalue weighted by atomic mass is 19.3. The second-order valence-electron chi connectivity index (χ2n) is 6.02. The van der Waals surface area contributed by atoms with Gasteiger partial charge in [-0.3, -0.25) is 4.79 Å². The summed E-state index contributed by atoms with van der Waals surface area (Å²) in [5, 5.41) is 2.61. The van der Waals surface area contributed by atoms with Crippen molar-refractivity contribution in [3.8, 4) is 17.2 Å². The van der Waals surface area contributed by atoms with Crippen LogP contribution in [0.3, 0.4) is 0 Å². The second kappa shape index (κ2) is 9.09. The second-order valence-corrected chi connectivity index (χ2v) is 6.02. The molecule has 0 aliphatic heterocycles. The molecule has 3 rings (SSSR count). The zero-order valence-corrected chi connectivity index (χ0v) is 15.8. The fraction of sp³-hybridized carbons (Fsp3) is 0.190. The van der Waals surface area contributed by atoms with Crippen LogP contribution in [-0.4, -0.2) is 19.6 Å². The Morgan fingerprint density at radius 3 is 2.59 bits per heavy atom. The largest absolute Gasteiger partial charge is 0.493 e. The standard InChI is InChI=1S/C21H19F2NO5/c1-13-5-3-4-6-16(13)27-12-15-8-10-18(28-15)20(25)24-14-7-9-17(29-21(22)23)19(11-14)26-2/h3-11,21H,12H2,1-2H3,(H,24,25). The summed E-state index contributed by atoms with van der Waals surface area (Å²) in [6, 6.07) is 14.8. The number of carbonyl (C=O) groups excluding carboxylic acids is 1. The molecule has 2 aromatic carbocycles. The number of aryl methyl sites for hydroxylation is 1. The highest BCUT2D eigenvalue weighted by Gasteiger charge is 2.15. The van der Waals surface area contributed by atoms with Gasteiger partial charge in [0.25, 0.3) is 5.91 Å². The Morgan fingerprint density at radius 1 is 1.07 bits per heavy atom. The van der Waals surface area contributed by atoms with Crippen LogP contribution < -0.4 is 19.5 Å². The fourth-order valence-corrected chi connectivity index (χ4v) is 2.58. The molecule has 152 valence electrons. The van der Waals surface area contributed by atoms with Gasteiger partial charge in [0.05, 0.1) is 7.11 Å². The summed E-state index contributed by atoms with van der Waals surface area (Å²) in [6.45, 7) is -0.874. The maximum absolute atomic E-state index is 12.4. The minimum Gasteiger partial charge on any atom is -0.493 e. The molecule has 0 spiro atoms. The Bertz CT molecular complexity index is 987. The van der Waals surface area contributed by atoms with Crippen molar-refractivity contribution >= 4 is 11.6 Å². The first-order chi connectivity index (χ1) is 14.0. The van der Waals surface area contributed by atoms with E-state index in [1.165, 1.54) is 31.4 Å². The molecule has 0 radical (unpaired) electrons. The lowest BCUT2D eigenvalue weighted by Gasteiger charge is -2.11. The lowest BCUT2D eigenvalue weighted by atomic mass is 10.2. The quantitative estimate of drug-likeness (QED) is 0.571. The van der Waals surface area contributed by atoms with Crippen LogP contribution in [-0.2, 0) is 6.61 Å². The number of rotatable bonds is 8. The van der Waals surface area contributed by atoms with E-state index in [9.17, 15) is 13.6 Å². The number of methoxy groups -OCH3 is 1. The van der Waals surface area contributed by atoms with E-state index < -0.39 is 12.5 Å². The molecule has 6 nitrogen and oxygen atoms in total. The summed E-state index contributed by atoms with van der Waals surface area (Å²) in [5.41, 5.74) is 1.33. The Labute approximate surface area is 166 Å². The van der Waals surface area contributed by atoms with Crippen molar-refractivity contribution in [2.45, 2.75) is 20.1 Å². The average molecular weight is 403 g/mol. The number of carbonyl (C=O) groups is 1. The van der Waals surface area contributed by atoms with E-state index >= 15 is 0 Å². The Kier molecular flexibility index (Phi) is 6.33. The van der Waals surface area contributed by atoms with Gasteiger partial charge in [0.1, 0.15) is 18.1 Å². The predicted octanol–water partition coefficient (Wildman–Crippen LogP) is 5.03. The molecule has 3 aromatic rings. The van der Waals surface area contributed by atoms with E-state index in [4.69, 9.17) is 13.9 Å². The van der Waals surface area contributed by atoms with E-state index in [1.807, 2.05) is 31.2 Å². The molecule has 0 saturated carbocycles. The summed E-state index contributed by atoms with van der Waals surface area (Å²) < 4.78 is 45.4. The third-order valence-corrected chi connectivity index (χ3v) is 3.99. The van der Waals surface area contributed by atoms with Gasteiger partial charge in [-0.2, -0.15) is 8.78 Å². The average Bonchev–Trinajstić information content (AvgIpc) is 3.17. The maximum atomic E-state index is 12.4. The van der Waals surface area contributed by atoms with Gasteiger partial charge >= 0.3 is 6.61 Å². The summed E-state index contributed by atoms with van der Waals surface area (Å²) in [6.07, 6.45) is 0. The molecular formula is C21H19F2NO5. The molecule has 1 amide bonds. The maximum Gasteiger partial charge on any atom is 0.387 e. The molecular weight excluding hydrogens is 384 g/mol. The van der Waals surface area contributed by atoms with E-state index in [2.05, 4.69) is 10.1 Å². The van der Waals surface area contributed by atoms with Crippen molar-refractivity contribution in [3.63, 3.8) is 0 Å². The van der Waals surface area contributed by atoms with Gasteiger partial charge in [-0.05, 0) is 42.8 Å². The molecule has 8 heteroatoms. The number of alkyl halides is 2. The SMILES string of the molecule is COc1cc(NC(=O)c2ccc(COc3ccccc3C)o2)ccc1OC(F)F. The van der Waals surface area contributed by atoms with Crippen molar-refractivity contribution in [2.75, 3.05) is 12.4 Å². The molecule has 0 saturated heterocycles. The van der Waals surface area contributed by atoms with Crippen molar-refractivity contribution in [1.29, 1.82) is 0 Å². The normalized spacial score (nSPS) is 10.7. The van der Waals surface area contributed by atoms with Crippen molar-refractivity contribution in [3.05, 3.63) is 71.7 Å².